The zero-order valence-corrected chi connectivity index (χ0v) is 11.2. The molecule has 19 heavy (non-hydrogen) atoms. The van der Waals surface area contributed by atoms with Crippen LogP contribution in [0.5, 0.6) is 0 Å². The third kappa shape index (κ3) is 2.03. The lowest BCUT2D eigenvalue weighted by Gasteiger charge is -2.29. The van der Waals surface area contributed by atoms with E-state index < -0.39 is 0 Å². The molecule has 1 unspecified atom stereocenters. The molecule has 1 N–H and O–H groups in total. The van der Waals surface area contributed by atoms with E-state index in [9.17, 15) is 4.79 Å². The van der Waals surface area contributed by atoms with E-state index in [0.29, 0.717) is 6.42 Å². The number of amides is 1. The first-order valence-electron chi connectivity index (χ1n) is 6.61. The molecule has 1 aliphatic rings. The Labute approximate surface area is 113 Å². The van der Waals surface area contributed by atoms with Crippen LogP contribution < -0.4 is 5.32 Å². The van der Waals surface area contributed by atoms with Crippen LogP contribution in [0, 0.1) is 13.8 Å². The summed E-state index contributed by atoms with van der Waals surface area (Å²) in [6.45, 7) is 4.16. The van der Waals surface area contributed by atoms with Crippen molar-refractivity contribution < 1.29 is 4.79 Å². The van der Waals surface area contributed by atoms with Gasteiger partial charge in [-0.3, -0.25) is 4.79 Å². The Morgan fingerprint density at radius 1 is 1.00 bits per heavy atom. The standard InChI is InChI=1S/C17H17NO/c1-11-8-9-12(2)17-16(11)14(10-15(19)18-17)13-6-4-3-5-7-13/h3-9,14H,10H2,1-2H3,(H,18,19). The van der Waals surface area contributed by atoms with E-state index in [4.69, 9.17) is 0 Å². The van der Waals surface area contributed by atoms with Crippen molar-refractivity contribution in [1.82, 2.24) is 0 Å². The van der Waals surface area contributed by atoms with Gasteiger partial charge in [-0.25, -0.2) is 0 Å². The topological polar surface area (TPSA) is 29.1 Å². The Hall–Kier alpha value is -2.09. The predicted octanol–water partition coefficient (Wildman–Crippen LogP) is 3.78. The van der Waals surface area contributed by atoms with Crippen LogP contribution >= 0.6 is 0 Å². The number of anilines is 1. The molecule has 1 aliphatic heterocycles. The zero-order chi connectivity index (χ0) is 13.4. The highest BCUT2D eigenvalue weighted by Gasteiger charge is 2.28. The van der Waals surface area contributed by atoms with Crippen molar-refractivity contribution in [2.75, 3.05) is 5.32 Å². The lowest BCUT2D eigenvalue weighted by molar-refractivity contribution is -0.116. The van der Waals surface area contributed by atoms with Crippen LogP contribution in [0.3, 0.4) is 0 Å². The number of rotatable bonds is 1. The minimum absolute atomic E-state index is 0.107. The molecule has 0 saturated carbocycles. The number of aryl methyl sites for hydroxylation is 2. The summed E-state index contributed by atoms with van der Waals surface area (Å²) in [6, 6.07) is 14.5. The van der Waals surface area contributed by atoms with Crippen molar-refractivity contribution in [3.63, 3.8) is 0 Å². The van der Waals surface area contributed by atoms with Gasteiger partial charge < -0.3 is 5.32 Å². The normalized spacial score (nSPS) is 17.8. The van der Waals surface area contributed by atoms with Crippen molar-refractivity contribution in [3.8, 4) is 0 Å². The van der Waals surface area contributed by atoms with Gasteiger partial charge in [0.25, 0.3) is 0 Å². The first-order valence-corrected chi connectivity index (χ1v) is 6.61. The largest absolute Gasteiger partial charge is 0.326 e. The number of benzene rings is 2. The lowest BCUT2D eigenvalue weighted by atomic mass is 9.81. The molecular formula is C17H17NO. The molecule has 2 heteroatoms. The van der Waals surface area contributed by atoms with Crippen LogP contribution in [0.1, 0.15) is 34.6 Å². The van der Waals surface area contributed by atoms with E-state index in [-0.39, 0.29) is 11.8 Å². The monoisotopic (exact) mass is 251 g/mol. The third-order valence-corrected chi connectivity index (χ3v) is 3.88. The quantitative estimate of drug-likeness (QED) is 0.821. The summed E-state index contributed by atoms with van der Waals surface area (Å²) in [4.78, 5) is 12.0. The van der Waals surface area contributed by atoms with Crippen molar-refractivity contribution in [1.29, 1.82) is 0 Å². The molecule has 0 spiro atoms. The minimum Gasteiger partial charge on any atom is -0.326 e. The molecule has 2 aromatic carbocycles. The van der Waals surface area contributed by atoms with Gasteiger partial charge in [0.1, 0.15) is 0 Å². The summed E-state index contributed by atoms with van der Waals surface area (Å²) in [6.07, 6.45) is 0.529. The van der Waals surface area contributed by atoms with Gasteiger partial charge in [-0.2, -0.15) is 0 Å². The Balaban J connectivity index is 2.20. The Bertz CT molecular complexity index is 631. The van der Waals surface area contributed by atoms with E-state index in [1.165, 1.54) is 16.7 Å². The van der Waals surface area contributed by atoms with E-state index >= 15 is 0 Å². The van der Waals surface area contributed by atoms with E-state index in [0.717, 1.165) is 11.3 Å². The van der Waals surface area contributed by atoms with Crippen molar-refractivity contribution >= 4 is 11.6 Å². The highest BCUT2D eigenvalue weighted by atomic mass is 16.1. The molecule has 0 radical (unpaired) electrons. The van der Waals surface area contributed by atoms with Crippen LogP contribution in [-0.4, -0.2) is 5.91 Å². The van der Waals surface area contributed by atoms with Crippen molar-refractivity contribution in [3.05, 3.63) is 64.7 Å². The molecule has 0 aliphatic carbocycles. The average Bonchev–Trinajstić information content (AvgIpc) is 2.43. The molecule has 3 rings (SSSR count). The Morgan fingerprint density at radius 3 is 2.42 bits per heavy atom. The number of carbonyl (C=O) groups excluding carboxylic acids is 1. The number of carbonyl (C=O) groups is 1. The van der Waals surface area contributed by atoms with Gasteiger partial charge >= 0.3 is 0 Å². The Kier molecular flexibility index (Phi) is 2.86. The second-order valence-electron chi connectivity index (χ2n) is 5.20. The van der Waals surface area contributed by atoms with Gasteiger partial charge in [0, 0.05) is 18.0 Å². The molecule has 2 aromatic rings. The first-order chi connectivity index (χ1) is 9.16. The van der Waals surface area contributed by atoms with Crippen molar-refractivity contribution in [2.45, 2.75) is 26.2 Å². The van der Waals surface area contributed by atoms with Gasteiger partial charge in [-0.1, -0.05) is 42.5 Å². The highest BCUT2D eigenvalue weighted by Crippen LogP contribution is 2.40. The summed E-state index contributed by atoms with van der Waals surface area (Å²) >= 11 is 0. The number of nitrogens with one attached hydrogen (secondary N) is 1. The second kappa shape index (κ2) is 4.54. The van der Waals surface area contributed by atoms with Crippen molar-refractivity contribution in [2.24, 2.45) is 0 Å². The second-order valence-corrected chi connectivity index (χ2v) is 5.20. The van der Waals surface area contributed by atoms with Gasteiger partial charge in [-0.15, -0.1) is 0 Å². The molecule has 0 saturated heterocycles. The minimum atomic E-state index is 0.107. The molecule has 96 valence electrons. The lowest BCUT2D eigenvalue weighted by Crippen LogP contribution is -2.25. The maximum atomic E-state index is 12.0. The van der Waals surface area contributed by atoms with Gasteiger partial charge in [-0.05, 0) is 36.1 Å². The Morgan fingerprint density at radius 2 is 1.68 bits per heavy atom. The van der Waals surface area contributed by atoms with Crippen LogP contribution in [-0.2, 0) is 4.79 Å². The van der Waals surface area contributed by atoms with Crippen LogP contribution in [0.4, 0.5) is 5.69 Å². The summed E-state index contributed by atoms with van der Waals surface area (Å²) < 4.78 is 0. The maximum absolute atomic E-state index is 12.0. The molecule has 1 heterocycles. The molecule has 0 aromatic heterocycles. The first kappa shape index (κ1) is 12.0. The highest BCUT2D eigenvalue weighted by molar-refractivity contribution is 5.96. The molecule has 0 fully saturated rings. The molecule has 1 amide bonds. The fourth-order valence-corrected chi connectivity index (χ4v) is 2.90. The van der Waals surface area contributed by atoms with Gasteiger partial charge in [0.2, 0.25) is 5.91 Å². The van der Waals surface area contributed by atoms with E-state index in [2.05, 4.69) is 36.5 Å². The SMILES string of the molecule is Cc1ccc(C)c2c1NC(=O)CC2c1ccccc1. The van der Waals surface area contributed by atoms with E-state index in [1.807, 2.05) is 25.1 Å². The summed E-state index contributed by atoms with van der Waals surface area (Å²) in [7, 11) is 0. The number of hydrogen-bond acceptors (Lipinski definition) is 1. The average molecular weight is 251 g/mol. The zero-order valence-electron chi connectivity index (χ0n) is 11.2. The number of hydrogen-bond donors (Lipinski definition) is 1. The molecule has 2 nitrogen and oxygen atoms in total. The number of fused-ring (bicyclic) bond motifs is 1. The fourth-order valence-electron chi connectivity index (χ4n) is 2.90. The summed E-state index contributed by atoms with van der Waals surface area (Å²) in [5.41, 5.74) is 5.87. The molecular weight excluding hydrogens is 234 g/mol. The van der Waals surface area contributed by atoms with Crippen LogP contribution in [0.2, 0.25) is 0 Å². The van der Waals surface area contributed by atoms with Crippen LogP contribution in [0.15, 0.2) is 42.5 Å². The summed E-state index contributed by atoms with van der Waals surface area (Å²) in [5, 5.41) is 3.03. The van der Waals surface area contributed by atoms with Gasteiger partial charge in [0.15, 0.2) is 0 Å². The maximum Gasteiger partial charge on any atom is 0.225 e. The van der Waals surface area contributed by atoms with Gasteiger partial charge in [0.05, 0.1) is 0 Å². The molecule has 1 atom stereocenters. The smallest absolute Gasteiger partial charge is 0.225 e. The molecule has 0 bridgehead atoms. The third-order valence-electron chi connectivity index (χ3n) is 3.88. The van der Waals surface area contributed by atoms with E-state index in [1.54, 1.807) is 0 Å². The summed E-state index contributed by atoms with van der Waals surface area (Å²) in [5.74, 6) is 0.278. The fraction of sp³-hybridized carbons (Fsp3) is 0.235. The van der Waals surface area contributed by atoms with Crippen LogP contribution in [0.25, 0.3) is 0 Å². The predicted molar refractivity (Wildman–Crippen MR) is 77.4 cm³/mol.